The minimum atomic E-state index is -0.333. The molecule has 0 fully saturated rings. The van der Waals surface area contributed by atoms with Crippen LogP contribution >= 0.6 is 15.9 Å². The predicted molar refractivity (Wildman–Crippen MR) is 75.0 cm³/mol. The Morgan fingerprint density at radius 1 is 1.26 bits per heavy atom. The third-order valence-corrected chi connectivity index (χ3v) is 3.92. The van der Waals surface area contributed by atoms with Gasteiger partial charge in [-0.15, -0.1) is 0 Å². The number of fused-ring (bicyclic) bond motifs is 4. The van der Waals surface area contributed by atoms with E-state index in [9.17, 15) is 4.79 Å². The van der Waals surface area contributed by atoms with E-state index in [-0.39, 0.29) is 11.7 Å². The lowest BCUT2D eigenvalue weighted by molar-refractivity contribution is 0.838. The molecule has 2 aromatic rings. The molecule has 19 heavy (non-hydrogen) atoms. The standard InChI is InChI=1S/C14H8BrN3O/c15-8-2-4-11-10(5-8)9-3-1-7-6-16-14(19)18-12(7)13(9)17-11/h1-6,13H,(H,16,18,19). The van der Waals surface area contributed by atoms with Gasteiger partial charge in [-0.3, -0.25) is 4.99 Å². The topological polar surface area (TPSA) is 58.1 Å². The summed E-state index contributed by atoms with van der Waals surface area (Å²) in [7, 11) is 0. The first kappa shape index (κ1) is 10.9. The zero-order chi connectivity index (χ0) is 13.0. The Kier molecular flexibility index (Phi) is 2.14. The van der Waals surface area contributed by atoms with Crippen LogP contribution in [0.4, 0.5) is 0 Å². The Morgan fingerprint density at radius 2 is 2.16 bits per heavy atom. The van der Waals surface area contributed by atoms with Gasteiger partial charge in [0.25, 0.3) is 0 Å². The first-order valence-electron chi connectivity index (χ1n) is 5.87. The fourth-order valence-corrected chi connectivity index (χ4v) is 2.93. The molecule has 4 rings (SSSR count). The molecular formula is C14H8BrN3O. The Labute approximate surface area is 116 Å². The number of aromatic nitrogens is 2. The van der Waals surface area contributed by atoms with E-state index in [0.29, 0.717) is 0 Å². The largest absolute Gasteiger partial charge is 0.345 e. The molecule has 5 heteroatoms. The average molecular weight is 314 g/mol. The van der Waals surface area contributed by atoms with Crippen LogP contribution in [0.25, 0.3) is 11.6 Å². The highest BCUT2D eigenvalue weighted by Crippen LogP contribution is 2.33. The highest BCUT2D eigenvalue weighted by molar-refractivity contribution is 9.10. The van der Waals surface area contributed by atoms with Crippen molar-refractivity contribution in [3.05, 3.63) is 67.3 Å². The molecule has 1 unspecified atom stereocenters. The molecule has 0 spiro atoms. The summed E-state index contributed by atoms with van der Waals surface area (Å²) in [6.45, 7) is 0. The van der Waals surface area contributed by atoms with Gasteiger partial charge in [0.1, 0.15) is 6.04 Å². The number of nitrogens with zero attached hydrogens (tertiary/aromatic N) is 2. The van der Waals surface area contributed by atoms with Crippen LogP contribution in [-0.2, 0) is 0 Å². The van der Waals surface area contributed by atoms with Gasteiger partial charge in [0.2, 0.25) is 0 Å². The minimum absolute atomic E-state index is 0.125. The minimum Gasteiger partial charge on any atom is -0.307 e. The Balaban J connectivity index is 2.08. The van der Waals surface area contributed by atoms with Crippen molar-refractivity contribution < 1.29 is 0 Å². The van der Waals surface area contributed by atoms with E-state index >= 15 is 0 Å². The van der Waals surface area contributed by atoms with Crippen LogP contribution in [0.15, 0.2) is 44.7 Å². The van der Waals surface area contributed by atoms with E-state index in [1.165, 1.54) is 0 Å². The monoisotopic (exact) mass is 313 g/mol. The number of nitrogens with one attached hydrogen (secondary N) is 1. The van der Waals surface area contributed by atoms with Gasteiger partial charge in [-0.05, 0) is 23.8 Å². The molecule has 92 valence electrons. The van der Waals surface area contributed by atoms with Gasteiger partial charge in [-0.2, -0.15) is 0 Å². The Bertz CT molecular complexity index is 911. The molecule has 0 amide bonds. The molecule has 2 heterocycles. The summed E-state index contributed by atoms with van der Waals surface area (Å²) >= 11 is 3.48. The molecular weight excluding hydrogens is 306 g/mol. The molecule has 1 N–H and O–H groups in total. The molecule has 1 aromatic carbocycles. The fourth-order valence-electron chi connectivity index (χ4n) is 2.56. The van der Waals surface area contributed by atoms with E-state index in [2.05, 4.69) is 38.0 Å². The number of rotatable bonds is 0. The van der Waals surface area contributed by atoms with Crippen LogP contribution in [0.2, 0.25) is 0 Å². The fraction of sp³-hybridized carbons (Fsp3) is 0.0714. The van der Waals surface area contributed by atoms with Gasteiger partial charge >= 0.3 is 5.69 Å². The van der Waals surface area contributed by atoms with Crippen LogP contribution < -0.4 is 16.3 Å². The molecule has 0 bridgehead atoms. The van der Waals surface area contributed by atoms with Crippen molar-refractivity contribution in [3.63, 3.8) is 0 Å². The number of halogens is 1. The Morgan fingerprint density at radius 3 is 3.05 bits per heavy atom. The van der Waals surface area contributed by atoms with Gasteiger partial charge < -0.3 is 4.98 Å². The van der Waals surface area contributed by atoms with E-state index in [4.69, 9.17) is 4.99 Å². The number of hydrogen-bond acceptors (Lipinski definition) is 3. The number of benzene rings is 1. The summed E-state index contributed by atoms with van der Waals surface area (Å²) in [5.41, 5.74) is 2.53. The normalized spacial score (nSPS) is 18.6. The molecule has 4 nitrogen and oxygen atoms in total. The smallest absolute Gasteiger partial charge is 0.307 e. The van der Waals surface area contributed by atoms with Crippen LogP contribution in [0.1, 0.15) is 17.3 Å². The van der Waals surface area contributed by atoms with Crippen molar-refractivity contribution in [2.75, 3.05) is 0 Å². The second-order valence-electron chi connectivity index (χ2n) is 4.54. The summed E-state index contributed by atoms with van der Waals surface area (Å²) in [6.07, 6.45) is 5.61. The van der Waals surface area contributed by atoms with Crippen molar-refractivity contribution in [1.29, 1.82) is 0 Å². The molecule has 1 aliphatic heterocycles. The van der Waals surface area contributed by atoms with Crippen molar-refractivity contribution in [1.82, 2.24) is 9.97 Å². The maximum absolute atomic E-state index is 11.4. The zero-order valence-electron chi connectivity index (χ0n) is 9.72. The lowest BCUT2D eigenvalue weighted by Crippen LogP contribution is -2.22. The second kappa shape index (κ2) is 3.74. The van der Waals surface area contributed by atoms with Crippen LogP contribution in [0, 0.1) is 0 Å². The van der Waals surface area contributed by atoms with Gasteiger partial charge in [0.15, 0.2) is 0 Å². The third kappa shape index (κ3) is 1.55. The second-order valence-corrected chi connectivity index (χ2v) is 5.45. The number of hydrogen-bond donors (Lipinski definition) is 1. The van der Waals surface area contributed by atoms with Gasteiger partial charge in [0.05, 0.1) is 11.1 Å². The molecule has 1 aliphatic carbocycles. The van der Waals surface area contributed by atoms with E-state index < -0.39 is 0 Å². The summed E-state index contributed by atoms with van der Waals surface area (Å²) in [4.78, 5) is 22.7. The van der Waals surface area contributed by atoms with Crippen molar-refractivity contribution in [3.8, 4) is 0 Å². The third-order valence-electron chi connectivity index (χ3n) is 3.42. The maximum Gasteiger partial charge on any atom is 0.345 e. The van der Waals surface area contributed by atoms with Crippen molar-refractivity contribution in [2.24, 2.45) is 4.99 Å². The molecule has 1 atom stereocenters. The quantitative estimate of drug-likeness (QED) is 0.791. The van der Waals surface area contributed by atoms with Crippen LogP contribution in [0.5, 0.6) is 0 Å². The van der Waals surface area contributed by atoms with E-state index in [0.717, 1.165) is 31.9 Å². The highest BCUT2D eigenvalue weighted by atomic mass is 79.9. The summed E-state index contributed by atoms with van der Waals surface area (Å²) in [6, 6.07) is 5.89. The maximum atomic E-state index is 11.4. The van der Waals surface area contributed by atoms with Gasteiger partial charge in [0, 0.05) is 21.5 Å². The van der Waals surface area contributed by atoms with Crippen LogP contribution in [0.3, 0.4) is 0 Å². The lowest BCUT2D eigenvalue weighted by atomic mass is 9.94. The molecule has 2 aliphatic rings. The molecule has 0 saturated carbocycles. The first-order valence-corrected chi connectivity index (χ1v) is 6.66. The van der Waals surface area contributed by atoms with E-state index in [1.807, 2.05) is 18.2 Å². The lowest BCUT2D eigenvalue weighted by Gasteiger charge is -2.17. The molecule has 0 saturated heterocycles. The zero-order valence-corrected chi connectivity index (χ0v) is 11.3. The number of H-pyrrole nitrogens is 1. The SMILES string of the molecule is O=c1ncc2c([nH]1)C1N=c3ccc(Br)cc3=C1C=C2. The van der Waals surface area contributed by atoms with Gasteiger partial charge in [-0.1, -0.05) is 28.1 Å². The molecule has 1 aromatic heterocycles. The van der Waals surface area contributed by atoms with Crippen LogP contribution in [-0.4, -0.2) is 9.97 Å². The van der Waals surface area contributed by atoms with Crippen molar-refractivity contribution >= 4 is 27.6 Å². The molecule has 0 radical (unpaired) electrons. The summed E-state index contributed by atoms with van der Waals surface area (Å²) in [5.74, 6) is 0. The average Bonchev–Trinajstić information content (AvgIpc) is 2.77. The van der Waals surface area contributed by atoms with E-state index in [1.54, 1.807) is 6.20 Å². The van der Waals surface area contributed by atoms with Crippen molar-refractivity contribution in [2.45, 2.75) is 6.04 Å². The summed E-state index contributed by atoms with van der Waals surface area (Å²) in [5, 5.41) is 2.07. The number of aromatic amines is 1. The Hall–Kier alpha value is -2.01. The summed E-state index contributed by atoms with van der Waals surface area (Å²) < 4.78 is 1.03. The highest BCUT2D eigenvalue weighted by Gasteiger charge is 2.25. The van der Waals surface area contributed by atoms with Gasteiger partial charge in [-0.25, -0.2) is 9.78 Å². The first-order chi connectivity index (χ1) is 9.22. The predicted octanol–water partition coefficient (Wildman–Crippen LogP) is 1.08.